The van der Waals surface area contributed by atoms with Crippen LogP contribution in [-0.2, 0) is 4.79 Å². The number of carbonyl (C=O) groups excluding carboxylic acids is 1. The zero-order valence-corrected chi connectivity index (χ0v) is 13.5. The summed E-state index contributed by atoms with van der Waals surface area (Å²) in [4.78, 5) is 19.4. The van der Waals surface area contributed by atoms with Gasteiger partial charge in [-0.2, -0.15) is 0 Å². The minimum absolute atomic E-state index is 0.114. The minimum atomic E-state index is -0.187. The molecule has 0 atom stereocenters. The summed E-state index contributed by atoms with van der Waals surface area (Å²) < 4.78 is 0. The average Bonchev–Trinajstić information content (AvgIpc) is 2.38. The second kappa shape index (κ2) is 5.48. The number of amides is 1. The molecule has 0 aromatic rings. The fraction of sp³-hybridized carbons (Fsp3) is 0.750. The van der Waals surface area contributed by atoms with Gasteiger partial charge in [0.15, 0.2) is 0 Å². The molecule has 0 saturated carbocycles. The lowest BCUT2D eigenvalue weighted by Gasteiger charge is -2.31. The van der Waals surface area contributed by atoms with E-state index in [1.54, 1.807) is 0 Å². The topological polar surface area (TPSA) is 32.7 Å². The van der Waals surface area contributed by atoms with Crippen LogP contribution in [0.4, 0.5) is 0 Å². The lowest BCUT2D eigenvalue weighted by atomic mass is 9.78. The van der Waals surface area contributed by atoms with Crippen LogP contribution in [0.15, 0.2) is 16.3 Å². The van der Waals surface area contributed by atoms with Crippen molar-refractivity contribution in [3.8, 4) is 0 Å². The largest absolute Gasteiger partial charge is 0.334 e. The molecule has 1 aliphatic heterocycles. The second-order valence-corrected chi connectivity index (χ2v) is 7.29. The van der Waals surface area contributed by atoms with Crippen LogP contribution in [0, 0.1) is 10.8 Å². The number of carbonyl (C=O) groups is 1. The highest BCUT2D eigenvalue weighted by molar-refractivity contribution is 5.98. The number of hydrogen-bond acceptors (Lipinski definition) is 2. The number of rotatable bonds is 2. The van der Waals surface area contributed by atoms with Crippen molar-refractivity contribution >= 4 is 12.1 Å². The molecule has 1 aliphatic rings. The fourth-order valence-corrected chi connectivity index (χ4v) is 2.34. The van der Waals surface area contributed by atoms with E-state index in [2.05, 4.69) is 53.5 Å². The van der Waals surface area contributed by atoms with E-state index in [9.17, 15) is 4.79 Å². The quantitative estimate of drug-likeness (QED) is 0.749. The summed E-state index contributed by atoms with van der Waals surface area (Å²) in [7, 11) is 0. The molecule has 0 bridgehead atoms. The smallest absolute Gasteiger partial charge is 0.252 e. The second-order valence-electron chi connectivity index (χ2n) is 7.29. The van der Waals surface area contributed by atoms with E-state index in [1.807, 2.05) is 11.1 Å². The predicted octanol–water partition coefficient (Wildman–Crippen LogP) is 3.66. The minimum Gasteiger partial charge on any atom is -0.334 e. The van der Waals surface area contributed by atoms with Crippen LogP contribution in [0.3, 0.4) is 0 Å². The molecule has 108 valence electrons. The Morgan fingerprint density at radius 1 is 1.16 bits per heavy atom. The molecule has 1 amide bonds. The first-order valence-electron chi connectivity index (χ1n) is 7.16. The van der Waals surface area contributed by atoms with Crippen molar-refractivity contribution in [3.63, 3.8) is 0 Å². The summed E-state index contributed by atoms with van der Waals surface area (Å²) in [6.07, 6.45) is 2.86. The van der Waals surface area contributed by atoms with Crippen molar-refractivity contribution in [3.05, 3.63) is 11.3 Å². The van der Waals surface area contributed by atoms with Gasteiger partial charge in [0.25, 0.3) is 5.91 Å². The lowest BCUT2D eigenvalue weighted by Crippen LogP contribution is -2.37. The number of aliphatic imine (C=N–C) groups is 1. The van der Waals surface area contributed by atoms with E-state index >= 15 is 0 Å². The number of hydrogen-bond donors (Lipinski definition) is 0. The van der Waals surface area contributed by atoms with E-state index in [0.717, 1.165) is 24.2 Å². The Balaban J connectivity index is 3.39. The molecular weight excluding hydrogens is 236 g/mol. The molecule has 3 heteroatoms. The van der Waals surface area contributed by atoms with Crippen LogP contribution in [0.5, 0.6) is 0 Å². The van der Waals surface area contributed by atoms with E-state index in [4.69, 9.17) is 0 Å². The van der Waals surface area contributed by atoms with Gasteiger partial charge in [-0.3, -0.25) is 9.79 Å². The molecule has 0 saturated heterocycles. The molecule has 0 spiro atoms. The van der Waals surface area contributed by atoms with Crippen LogP contribution in [0.25, 0.3) is 0 Å². The normalized spacial score (nSPS) is 18.1. The zero-order valence-electron chi connectivity index (χ0n) is 13.5. The third-order valence-electron chi connectivity index (χ3n) is 3.21. The zero-order chi connectivity index (χ0) is 14.8. The summed E-state index contributed by atoms with van der Waals surface area (Å²) in [5.74, 6) is 0.150. The van der Waals surface area contributed by atoms with E-state index in [-0.39, 0.29) is 16.7 Å². The van der Waals surface area contributed by atoms with E-state index in [1.165, 1.54) is 0 Å². The van der Waals surface area contributed by atoms with Gasteiger partial charge < -0.3 is 4.90 Å². The van der Waals surface area contributed by atoms with E-state index < -0.39 is 0 Å². The monoisotopic (exact) mass is 264 g/mol. The Morgan fingerprint density at radius 2 is 1.74 bits per heavy atom. The molecule has 0 aromatic heterocycles. The maximum atomic E-state index is 12.8. The van der Waals surface area contributed by atoms with Gasteiger partial charge in [-0.1, -0.05) is 48.5 Å². The van der Waals surface area contributed by atoms with Gasteiger partial charge in [0, 0.05) is 23.7 Å². The van der Waals surface area contributed by atoms with E-state index in [0.29, 0.717) is 6.54 Å². The Morgan fingerprint density at radius 3 is 2.16 bits per heavy atom. The van der Waals surface area contributed by atoms with Gasteiger partial charge >= 0.3 is 0 Å². The standard InChI is InChI=1S/C16H28N2O/c1-8-10-18-11-9-17-13(16(5,6)7)12(14(18)19)15(2,3)4/h9H,8,10-11H2,1-7H3. The van der Waals surface area contributed by atoms with Crippen LogP contribution in [-0.4, -0.2) is 30.1 Å². The molecule has 0 fully saturated rings. The van der Waals surface area contributed by atoms with Crippen molar-refractivity contribution in [2.75, 3.05) is 13.1 Å². The Bertz CT molecular complexity index is 405. The highest BCUT2D eigenvalue weighted by Gasteiger charge is 2.35. The highest BCUT2D eigenvalue weighted by atomic mass is 16.2. The molecular formula is C16H28N2O. The molecule has 3 nitrogen and oxygen atoms in total. The van der Waals surface area contributed by atoms with Crippen molar-refractivity contribution in [2.24, 2.45) is 15.8 Å². The first-order valence-corrected chi connectivity index (χ1v) is 7.16. The maximum absolute atomic E-state index is 12.8. The molecule has 0 unspecified atom stereocenters. The predicted molar refractivity (Wildman–Crippen MR) is 81.3 cm³/mol. The van der Waals surface area contributed by atoms with Crippen LogP contribution < -0.4 is 0 Å². The molecule has 19 heavy (non-hydrogen) atoms. The Kier molecular flexibility index (Phi) is 4.59. The van der Waals surface area contributed by atoms with Crippen molar-refractivity contribution < 1.29 is 4.79 Å². The Labute approximate surface area is 117 Å². The van der Waals surface area contributed by atoms with Crippen molar-refractivity contribution in [1.82, 2.24) is 4.90 Å². The van der Waals surface area contributed by atoms with Gasteiger partial charge in [0.2, 0.25) is 0 Å². The van der Waals surface area contributed by atoms with Gasteiger partial charge in [-0.05, 0) is 11.8 Å². The molecule has 1 heterocycles. The molecule has 0 radical (unpaired) electrons. The van der Waals surface area contributed by atoms with Gasteiger partial charge in [0.1, 0.15) is 0 Å². The average molecular weight is 264 g/mol. The molecule has 0 N–H and O–H groups in total. The van der Waals surface area contributed by atoms with Gasteiger partial charge in [-0.15, -0.1) is 0 Å². The summed E-state index contributed by atoms with van der Waals surface area (Å²) in [6.45, 7) is 16.1. The molecule has 1 rings (SSSR count). The van der Waals surface area contributed by atoms with Crippen molar-refractivity contribution in [2.45, 2.75) is 54.9 Å². The maximum Gasteiger partial charge on any atom is 0.252 e. The summed E-state index contributed by atoms with van der Waals surface area (Å²) >= 11 is 0. The molecule has 0 aromatic carbocycles. The number of allylic oxidation sites excluding steroid dienone is 1. The fourth-order valence-electron chi connectivity index (χ4n) is 2.34. The Hall–Kier alpha value is -1.12. The van der Waals surface area contributed by atoms with Crippen LogP contribution in [0.1, 0.15) is 54.9 Å². The summed E-state index contributed by atoms with van der Waals surface area (Å²) in [5, 5.41) is 0. The van der Waals surface area contributed by atoms with Gasteiger partial charge in [-0.25, -0.2) is 0 Å². The summed E-state index contributed by atoms with van der Waals surface area (Å²) in [6, 6.07) is 0. The third-order valence-corrected chi connectivity index (χ3v) is 3.21. The summed E-state index contributed by atoms with van der Waals surface area (Å²) in [5.41, 5.74) is 1.50. The molecule has 0 aliphatic carbocycles. The first kappa shape index (κ1) is 15.9. The van der Waals surface area contributed by atoms with Crippen LogP contribution >= 0.6 is 0 Å². The van der Waals surface area contributed by atoms with Crippen LogP contribution in [0.2, 0.25) is 0 Å². The first-order chi connectivity index (χ1) is 8.59. The third kappa shape index (κ3) is 3.68. The van der Waals surface area contributed by atoms with Crippen molar-refractivity contribution in [1.29, 1.82) is 0 Å². The number of nitrogens with zero attached hydrogens (tertiary/aromatic N) is 2. The lowest BCUT2D eigenvalue weighted by molar-refractivity contribution is -0.127. The van der Waals surface area contributed by atoms with Gasteiger partial charge in [0.05, 0.1) is 12.2 Å². The highest BCUT2D eigenvalue weighted by Crippen LogP contribution is 2.38. The SMILES string of the molecule is CCCN1CC=NC(C(C)(C)C)=C(C(C)(C)C)C1=O.